The van der Waals surface area contributed by atoms with Crippen molar-refractivity contribution in [3.63, 3.8) is 0 Å². The van der Waals surface area contributed by atoms with Crippen molar-refractivity contribution in [3.05, 3.63) is 35.4 Å². The van der Waals surface area contributed by atoms with Crippen LogP contribution < -0.4 is 0 Å². The third kappa shape index (κ3) is 2.45. The molecule has 1 aliphatic heterocycles. The Morgan fingerprint density at radius 3 is 3.07 bits per heavy atom. The Balaban J connectivity index is 1.94. The number of amidine groups is 1. The predicted molar refractivity (Wildman–Crippen MR) is 63.3 cm³/mol. The van der Waals surface area contributed by atoms with Crippen molar-refractivity contribution in [2.75, 3.05) is 6.54 Å². The summed E-state index contributed by atoms with van der Waals surface area (Å²) >= 11 is 1.70. The zero-order valence-electron chi connectivity index (χ0n) is 8.10. The Hall–Kier alpha value is -1.09. The van der Waals surface area contributed by atoms with Gasteiger partial charge in [0, 0.05) is 12.0 Å². The molecule has 1 aromatic carbocycles. The third-order valence-corrected chi connectivity index (χ3v) is 2.93. The number of thioether (sulfide) groups is 1. The van der Waals surface area contributed by atoms with Crippen LogP contribution in [0.1, 0.15) is 11.1 Å². The second-order valence-corrected chi connectivity index (χ2v) is 4.16. The minimum absolute atomic E-state index is 0.746. The van der Waals surface area contributed by atoms with Gasteiger partial charge in [-0.3, -0.25) is 4.99 Å². The Kier molecular flexibility index (Phi) is 2.99. The highest BCUT2D eigenvalue weighted by Crippen LogP contribution is 2.16. The van der Waals surface area contributed by atoms with Crippen LogP contribution in [-0.2, 0) is 5.75 Å². The van der Waals surface area contributed by atoms with Crippen LogP contribution in [0, 0.1) is 6.92 Å². The molecule has 0 bridgehead atoms. The van der Waals surface area contributed by atoms with Crippen molar-refractivity contribution in [2.45, 2.75) is 12.7 Å². The summed E-state index contributed by atoms with van der Waals surface area (Å²) in [5.74, 6) is 0.956. The maximum atomic E-state index is 4.23. The van der Waals surface area contributed by atoms with Crippen LogP contribution in [0.2, 0.25) is 0 Å². The van der Waals surface area contributed by atoms with Gasteiger partial charge in [0.2, 0.25) is 0 Å². The van der Waals surface area contributed by atoms with Gasteiger partial charge < -0.3 is 0 Å². The highest BCUT2D eigenvalue weighted by atomic mass is 32.2. The summed E-state index contributed by atoms with van der Waals surface area (Å²) in [4.78, 5) is 8.39. The molecule has 2 rings (SSSR count). The molecule has 3 heteroatoms. The van der Waals surface area contributed by atoms with Crippen molar-refractivity contribution in [2.24, 2.45) is 9.98 Å². The van der Waals surface area contributed by atoms with E-state index in [0.717, 1.165) is 17.5 Å². The number of hydrogen-bond acceptors (Lipinski definition) is 3. The number of hydrogen-bond donors (Lipinski definition) is 0. The Morgan fingerprint density at radius 1 is 1.43 bits per heavy atom. The summed E-state index contributed by atoms with van der Waals surface area (Å²) in [7, 11) is 0. The van der Waals surface area contributed by atoms with E-state index in [2.05, 4.69) is 41.2 Å². The SMILES string of the molecule is Cc1cccc(CSC2=NCC=N2)c1. The van der Waals surface area contributed by atoms with E-state index in [1.54, 1.807) is 11.8 Å². The van der Waals surface area contributed by atoms with Gasteiger partial charge >= 0.3 is 0 Å². The molecule has 0 spiro atoms. The van der Waals surface area contributed by atoms with E-state index in [-0.39, 0.29) is 0 Å². The highest BCUT2D eigenvalue weighted by molar-refractivity contribution is 8.13. The standard InChI is InChI=1S/C11H12N2S/c1-9-3-2-4-10(7-9)8-14-11-12-5-6-13-11/h2-5,7H,6,8H2,1H3. The summed E-state index contributed by atoms with van der Waals surface area (Å²) < 4.78 is 0. The molecule has 0 saturated heterocycles. The van der Waals surface area contributed by atoms with Crippen LogP contribution >= 0.6 is 11.8 Å². The van der Waals surface area contributed by atoms with Crippen LogP contribution in [-0.4, -0.2) is 17.9 Å². The molecule has 1 aromatic rings. The summed E-state index contributed by atoms with van der Waals surface area (Å²) in [6, 6.07) is 8.54. The van der Waals surface area contributed by atoms with Crippen LogP contribution in [0.5, 0.6) is 0 Å². The smallest absolute Gasteiger partial charge is 0.183 e. The molecule has 1 aliphatic rings. The quantitative estimate of drug-likeness (QED) is 0.727. The number of rotatable bonds is 2. The van der Waals surface area contributed by atoms with Gasteiger partial charge in [0.25, 0.3) is 0 Å². The molecule has 0 radical (unpaired) electrons. The minimum atomic E-state index is 0.746. The lowest BCUT2D eigenvalue weighted by Gasteiger charge is -2.00. The van der Waals surface area contributed by atoms with E-state index in [9.17, 15) is 0 Å². The summed E-state index contributed by atoms with van der Waals surface area (Å²) in [6.07, 6.45) is 1.85. The lowest BCUT2D eigenvalue weighted by molar-refractivity contribution is 1.35. The minimum Gasteiger partial charge on any atom is -0.255 e. The maximum Gasteiger partial charge on any atom is 0.183 e. The molecule has 1 heterocycles. The van der Waals surface area contributed by atoms with Crippen molar-refractivity contribution in [1.82, 2.24) is 0 Å². The summed E-state index contributed by atoms with van der Waals surface area (Å²) in [5.41, 5.74) is 2.64. The van der Waals surface area contributed by atoms with E-state index in [1.165, 1.54) is 11.1 Å². The first-order chi connectivity index (χ1) is 6.84. The topological polar surface area (TPSA) is 24.7 Å². The fourth-order valence-corrected chi connectivity index (χ4v) is 2.10. The van der Waals surface area contributed by atoms with Gasteiger partial charge in [0.15, 0.2) is 5.17 Å². The van der Waals surface area contributed by atoms with Gasteiger partial charge in [-0.1, -0.05) is 41.6 Å². The zero-order valence-corrected chi connectivity index (χ0v) is 8.92. The van der Waals surface area contributed by atoms with Crippen LogP contribution in [0.25, 0.3) is 0 Å². The summed E-state index contributed by atoms with van der Waals surface area (Å²) in [5, 5.41) is 0.909. The van der Waals surface area contributed by atoms with Gasteiger partial charge in [-0.2, -0.15) is 0 Å². The molecule has 0 unspecified atom stereocenters. The molecule has 72 valence electrons. The molecule has 0 amide bonds. The highest BCUT2D eigenvalue weighted by Gasteiger charge is 2.02. The maximum absolute atomic E-state index is 4.23. The second kappa shape index (κ2) is 4.42. The van der Waals surface area contributed by atoms with Gasteiger partial charge in [-0.05, 0) is 12.5 Å². The number of nitrogens with zero attached hydrogens (tertiary/aromatic N) is 2. The van der Waals surface area contributed by atoms with Gasteiger partial charge in [0.1, 0.15) is 0 Å². The molecule has 0 aromatic heterocycles. The largest absolute Gasteiger partial charge is 0.255 e. The Bertz CT molecular complexity index is 383. The normalized spacial score (nSPS) is 14.5. The summed E-state index contributed by atoms with van der Waals surface area (Å²) in [6.45, 7) is 2.86. The first kappa shape index (κ1) is 9.46. The van der Waals surface area contributed by atoms with Gasteiger partial charge in [-0.25, -0.2) is 4.99 Å². The van der Waals surface area contributed by atoms with E-state index >= 15 is 0 Å². The average molecular weight is 204 g/mol. The molecule has 0 aliphatic carbocycles. The lowest BCUT2D eigenvalue weighted by atomic mass is 10.2. The van der Waals surface area contributed by atoms with Crippen LogP contribution in [0.3, 0.4) is 0 Å². The molecular formula is C11H12N2S. The Labute approximate surface area is 88.2 Å². The van der Waals surface area contributed by atoms with Crippen LogP contribution in [0.15, 0.2) is 34.3 Å². The molecular weight excluding hydrogens is 192 g/mol. The van der Waals surface area contributed by atoms with Crippen LogP contribution in [0.4, 0.5) is 0 Å². The van der Waals surface area contributed by atoms with E-state index < -0.39 is 0 Å². The van der Waals surface area contributed by atoms with E-state index in [4.69, 9.17) is 0 Å². The first-order valence-corrected chi connectivity index (χ1v) is 5.58. The average Bonchev–Trinajstić information content (AvgIpc) is 2.67. The molecule has 14 heavy (non-hydrogen) atoms. The van der Waals surface area contributed by atoms with Crippen molar-refractivity contribution in [1.29, 1.82) is 0 Å². The molecule has 0 fully saturated rings. The van der Waals surface area contributed by atoms with Gasteiger partial charge in [0.05, 0.1) is 6.54 Å². The first-order valence-electron chi connectivity index (χ1n) is 4.60. The van der Waals surface area contributed by atoms with Crippen molar-refractivity contribution < 1.29 is 0 Å². The monoisotopic (exact) mass is 204 g/mol. The third-order valence-electron chi connectivity index (χ3n) is 1.96. The fourth-order valence-electron chi connectivity index (χ4n) is 1.31. The number of aliphatic imine (C=N–C) groups is 2. The van der Waals surface area contributed by atoms with Crippen molar-refractivity contribution >= 4 is 23.1 Å². The number of benzene rings is 1. The lowest BCUT2D eigenvalue weighted by Crippen LogP contribution is -1.86. The molecule has 0 N–H and O–H groups in total. The number of aryl methyl sites for hydroxylation is 1. The second-order valence-electron chi connectivity index (χ2n) is 3.21. The van der Waals surface area contributed by atoms with E-state index in [0.29, 0.717) is 0 Å². The van der Waals surface area contributed by atoms with Gasteiger partial charge in [-0.15, -0.1) is 0 Å². The Morgan fingerprint density at radius 2 is 2.36 bits per heavy atom. The fraction of sp³-hybridized carbons (Fsp3) is 0.273. The molecule has 0 atom stereocenters. The van der Waals surface area contributed by atoms with Crippen molar-refractivity contribution in [3.8, 4) is 0 Å². The predicted octanol–water partition coefficient (Wildman–Crippen LogP) is 2.67. The zero-order chi connectivity index (χ0) is 9.80. The van der Waals surface area contributed by atoms with E-state index in [1.807, 2.05) is 6.21 Å². The molecule has 2 nitrogen and oxygen atoms in total. The molecule has 0 saturated carbocycles.